The molecule has 0 radical (unpaired) electrons. The zero-order valence-corrected chi connectivity index (χ0v) is 15.9. The molecule has 1 unspecified atom stereocenters. The average molecular weight is 340 g/mol. The smallest absolute Gasteiger partial charge is 0.160 e. The Labute approximate surface area is 150 Å². The minimum absolute atomic E-state index is 0.150. The molecule has 0 amide bonds. The van der Waals surface area contributed by atoms with E-state index < -0.39 is 0 Å². The van der Waals surface area contributed by atoms with Gasteiger partial charge in [-0.15, -0.1) is 0 Å². The van der Waals surface area contributed by atoms with Crippen molar-refractivity contribution in [1.82, 2.24) is 19.8 Å². The molecule has 0 bridgehead atoms. The van der Waals surface area contributed by atoms with Gasteiger partial charge in [0.25, 0.3) is 0 Å². The van der Waals surface area contributed by atoms with E-state index >= 15 is 0 Å². The van der Waals surface area contributed by atoms with Gasteiger partial charge >= 0.3 is 0 Å². The topological polar surface area (TPSA) is 50.2 Å². The number of imidazole rings is 1. The van der Waals surface area contributed by atoms with Crippen molar-refractivity contribution in [2.75, 3.05) is 19.6 Å². The fourth-order valence-electron chi connectivity index (χ4n) is 4.10. The summed E-state index contributed by atoms with van der Waals surface area (Å²) < 4.78 is 2.10. The van der Waals surface area contributed by atoms with Crippen molar-refractivity contribution in [3.63, 3.8) is 0 Å². The molecule has 1 aromatic heterocycles. The van der Waals surface area contributed by atoms with Crippen LogP contribution in [0.2, 0.25) is 0 Å². The lowest BCUT2D eigenvalue weighted by molar-refractivity contribution is 0.101. The molecular formula is C20H28N4O. The van der Waals surface area contributed by atoms with Crippen LogP contribution in [-0.4, -0.2) is 39.9 Å². The Morgan fingerprint density at radius 2 is 2.08 bits per heavy atom. The zero-order chi connectivity index (χ0) is 18.1. The van der Waals surface area contributed by atoms with Gasteiger partial charge in [-0.2, -0.15) is 0 Å². The van der Waals surface area contributed by atoms with Gasteiger partial charge in [0.2, 0.25) is 0 Å². The SMILES string of the molecule is CC(=O)c1c(C)cc(C)c(CN2CCNCC2c2nccn2C)c1C. The largest absolute Gasteiger partial charge is 0.337 e. The number of rotatable bonds is 4. The van der Waals surface area contributed by atoms with Crippen molar-refractivity contribution in [3.8, 4) is 0 Å². The second-order valence-corrected chi connectivity index (χ2v) is 7.13. The van der Waals surface area contributed by atoms with E-state index in [1.165, 1.54) is 11.1 Å². The fourth-order valence-corrected chi connectivity index (χ4v) is 4.10. The summed E-state index contributed by atoms with van der Waals surface area (Å²) in [4.78, 5) is 19.1. The quantitative estimate of drug-likeness (QED) is 0.870. The third-order valence-electron chi connectivity index (χ3n) is 5.36. The Morgan fingerprint density at radius 3 is 2.72 bits per heavy atom. The molecule has 0 aliphatic carbocycles. The van der Waals surface area contributed by atoms with E-state index in [2.05, 4.69) is 39.7 Å². The highest BCUT2D eigenvalue weighted by atomic mass is 16.1. The number of piperazine rings is 1. The van der Waals surface area contributed by atoms with Crippen LogP contribution in [0.25, 0.3) is 0 Å². The van der Waals surface area contributed by atoms with E-state index in [1.807, 2.05) is 26.4 Å². The van der Waals surface area contributed by atoms with Crippen molar-refractivity contribution in [3.05, 3.63) is 52.1 Å². The molecule has 1 fully saturated rings. The second-order valence-electron chi connectivity index (χ2n) is 7.13. The van der Waals surface area contributed by atoms with Crippen LogP contribution in [0.15, 0.2) is 18.5 Å². The minimum atomic E-state index is 0.150. The molecule has 5 nitrogen and oxygen atoms in total. The molecule has 3 rings (SSSR count). The molecule has 1 aromatic carbocycles. The molecule has 2 heterocycles. The number of carbonyl (C=O) groups is 1. The number of ketones is 1. The molecule has 0 spiro atoms. The first-order chi connectivity index (χ1) is 11.9. The Balaban J connectivity index is 1.96. The van der Waals surface area contributed by atoms with Gasteiger partial charge in [0.15, 0.2) is 5.78 Å². The lowest BCUT2D eigenvalue weighted by atomic mass is 9.91. The van der Waals surface area contributed by atoms with Crippen LogP contribution in [0.4, 0.5) is 0 Å². The number of hydrogen-bond acceptors (Lipinski definition) is 4. The first kappa shape index (κ1) is 17.8. The second kappa shape index (κ2) is 7.10. The predicted molar refractivity (Wildman–Crippen MR) is 99.9 cm³/mol. The van der Waals surface area contributed by atoms with Crippen LogP contribution in [0.5, 0.6) is 0 Å². The number of aromatic nitrogens is 2. The molecule has 25 heavy (non-hydrogen) atoms. The molecule has 1 N–H and O–H groups in total. The van der Waals surface area contributed by atoms with Gasteiger partial charge in [-0.1, -0.05) is 6.07 Å². The predicted octanol–water partition coefficient (Wildman–Crippen LogP) is 2.69. The Kier molecular flexibility index (Phi) is 5.06. The van der Waals surface area contributed by atoms with Gasteiger partial charge in [0.05, 0.1) is 6.04 Å². The highest BCUT2D eigenvalue weighted by Gasteiger charge is 2.28. The van der Waals surface area contributed by atoms with Gasteiger partial charge in [-0.25, -0.2) is 4.98 Å². The van der Waals surface area contributed by atoms with Crippen LogP contribution in [0.1, 0.15) is 51.4 Å². The summed E-state index contributed by atoms with van der Waals surface area (Å²) in [6.45, 7) is 11.6. The van der Waals surface area contributed by atoms with Crippen LogP contribution in [0, 0.1) is 20.8 Å². The Bertz CT molecular complexity index is 793. The van der Waals surface area contributed by atoms with Crippen molar-refractivity contribution in [2.45, 2.75) is 40.3 Å². The number of hydrogen-bond donors (Lipinski definition) is 1. The number of aryl methyl sites for hydroxylation is 3. The molecule has 1 aliphatic heterocycles. The van der Waals surface area contributed by atoms with Gasteiger partial charge in [-0.3, -0.25) is 9.69 Å². The number of Topliss-reactive ketones (excluding diaryl/α,β-unsaturated/α-hetero) is 1. The molecule has 5 heteroatoms. The van der Waals surface area contributed by atoms with Crippen molar-refractivity contribution < 1.29 is 4.79 Å². The third kappa shape index (κ3) is 3.39. The molecule has 2 aromatic rings. The van der Waals surface area contributed by atoms with E-state index in [4.69, 9.17) is 0 Å². The molecule has 1 atom stereocenters. The summed E-state index contributed by atoms with van der Waals surface area (Å²) in [6.07, 6.45) is 3.86. The Hall–Kier alpha value is -1.98. The highest BCUT2D eigenvalue weighted by molar-refractivity contribution is 5.97. The fraction of sp³-hybridized carbons (Fsp3) is 0.500. The summed E-state index contributed by atoms with van der Waals surface area (Å²) in [5, 5.41) is 3.48. The maximum atomic E-state index is 12.1. The molecule has 1 saturated heterocycles. The number of nitrogens with one attached hydrogen (secondary N) is 1. The third-order valence-corrected chi connectivity index (χ3v) is 5.36. The van der Waals surface area contributed by atoms with Crippen LogP contribution >= 0.6 is 0 Å². The lowest BCUT2D eigenvalue weighted by Gasteiger charge is -2.36. The van der Waals surface area contributed by atoms with E-state index in [9.17, 15) is 4.79 Å². The first-order valence-electron chi connectivity index (χ1n) is 8.92. The van der Waals surface area contributed by atoms with Gasteiger partial charge in [-0.05, 0) is 49.9 Å². The molecule has 134 valence electrons. The van der Waals surface area contributed by atoms with Crippen molar-refractivity contribution in [1.29, 1.82) is 0 Å². The summed E-state index contributed by atoms with van der Waals surface area (Å²) >= 11 is 0. The van der Waals surface area contributed by atoms with Crippen LogP contribution in [0.3, 0.4) is 0 Å². The Morgan fingerprint density at radius 1 is 1.32 bits per heavy atom. The normalized spacial score (nSPS) is 18.5. The number of carbonyl (C=O) groups excluding carboxylic acids is 1. The lowest BCUT2D eigenvalue weighted by Crippen LogP contribution is -2.46. The van der Waals surface area contributed by atoms with Crippen molar-refractivity contribution in [2.24, 2.45) is 7.05 Å². The maximum Gasteiger partial charge on any atom is 0.160 e. The zero-order valence-electron chi connectivity index (χ0n) is 15.9. The highest BCUT2D eigenvalue weighted by Crippen LogP contribution is 2.28. The monoisotopic (exact) mass is 340 g/mol. The van der Waals surface area contributed by atoms with E-state index in [-0.39, 0.29) is 11.8 Å². The summed E-state index contributed by atoms with van der Waals surface area (Å²) in [5.41, 5.74) is 5.62. The molecule has 0 saturated carbocycles. The van der Waals surface area contributed by atoms with Gasteiger partial charge in [0, 0.05) is 51.2 Å². The van der Waals surface area contributed by atoms with Gasteiger partial charge in [0.1, 0.15) is 5.82 Å². The summed E-state index contributed by atoms with van der Waals surface area (Å²) in [6, 6.07) is 2.39. The van der Waals surface area contributed by atoms with E-state index in [0.717, 1.165) is 48.7 Å². The number of nitrogens with zero attached hydrogens (tertiary/aromatic N) is 3. The standard InChI is InChI=1S/C20H28N4O/c1-13-10-14(2)19(16(4)25)15(3)17(13)12-24-9-6-21-11-18(24)20-22-7-8-23(20)5/h7-8,10,18,21H,6,9,11-12H2,1-5H3. The minimum Gasteiger partial charge on any atom is -0.337 e. The first-order valence-corrected chi connectivity index (χ1v) is 8.92. The molecular weight excluding hydrogens is 312 g/mol. The van der Waals surface area contributed by atoms with Crippen LogP contribution < -0.4 is 5.32 Å². The average Bonchev–Trinajstić information content (AvgIpc) is 2.97. The van der Waals surface area contributed by atoms with E-state index in [1.54, 1.807) is 6.92 Å². The number of benzene rings is 1. The molecule has 1 aliphatic rings. The maximum absolute atomic E-state index is 12.1. The summed E-state index contributed by atoms with van der Waals surface area (Å²) in [7, 11) is 2.05. The van der Waals surface area contributed by atoms with Crippen LogP contribution in [-0.2, 0) is 13.6 Å². The van der Waals surface area contributed by atoms with Gasteiger partial charge < -0.3 is 9.88 Å². The van der Waals surface area contributed by atoms with E-state index in [0.29, 0.717) is 0 Å². The van der Waals surface area contributed by atoms with Crippen molar-refractivity contribution >= 4 is 5.78 Å². The summed E-state index contributed by atoms with van der Waals surface area (Å²) in [5.74, 6) is 1.23.